The standard InChI is InChI=1S/C18H29N3O2/c1-12(2)9-19-16(22)10-21(6)11-17(23)20-18-14(4)7-13(3)8-15(18)5/h7-8,12H,9-11H2,1-6H3,(H,19,22)(H,20,23). The topological polar surface area (TPSA) is 61.4 Å². The van der Waals surface area contributed by atoms with Crippen molar-refractivity contribution in [2.75, 3.05) is 32.0 Å². The zero-order chi connectivity index (χ0) is 17.6. The van der Waals surface area contributed by atoms with Gasteiger partial charge in [-0.25, -0.2) is 0 Å². The second kappa shape index (κ2) is 8.67. The molecule has 0 radical (unpaired) electrons. The van der Waals surface area contributed by atoms with Crippen LogP contribution in [0.2, 0.25) is 0 Å². The first-order valence-corrected chi connectivity index (χ1v) is 8.02. The number of hydrogen-bond donors (Lipinski definition) is 2. The van der Waals surface area contributed by atoms with Crippen LogP contribution in [-0.2, 0) is 9.59 Å². The number of hydrogen-bond acceptors (Lipinski definition) is 3. The Bertz CT molecular complexity index is 544. The van der Waals surface area contributed by atoms with Crippen molar-refractivity contribution >= 4 is 17.5 Å². The Kier molecular flexibility index (Phi) is 7.23. The van der Waals surface area contributed by atoms with Gasteiger partial charge in [-0.1, -0.05) is 31.5 Å². The van der Waals surface area contributed by atoms with E-state index in [1.165, 1.54) is 5.56 Å². The highest BCUT2D eigenvalue weighted by molar-refractivity contribution is 5.94. The Balaban J connectivity index is 2.52. The molecule has 5 heteroatoms. The van der Waals surface area contributed by atoms with Crippen LogP contribution in [0.3, 0.4) is 0 Å². The van der Waals surface area contributed by atoms with Crippen molar-refractivity contribution in [1.29, 1.82) is 0 Å². The van der Waals surface area contributed by atoms with Gasteiger partial charge in [0.15, 0.2) is 0 Å². The number of benzene rings is 1. The molecule has 0 saturated carbocycles. The van der Waals surface area contributed by atoms with Crippen LogP contribution < -0.4 is 10.6 Å². The molecule has 0 aliphatic heterocycles. The molecule has 1 rings (SSSR count). The molecule has 0 fully saturated rings. The second-order valence-corrected chi connectivity index (χ2v) is 6.69. The van der Waals surface area contributed by atoms with E-state index >= 15 is 0 Å². The highest BCUT2D eigenvalue weighted by Gasteiger charge is 2.13. The molecule has 0 aliphatic carbocycles. The number of aryl methyl sites for hydroxylation is 3. The summed E-state index contributed by atoms with van der Waals surface area (Å²) in [6.45, 7) is 11.1. The normalized spacial score (nSPS) is 11.0. The van der Waals surface area contributed by atoms with Gasteiger partial charge in [-0.3, -0.25) is 14.5 Å². The van der Waals surface area contributed by atoms with Crippen LogP contribution in [0.1, 0.15) is 30.5 Å². The minimum atomic E-state index is -0.112. The van der Waals surface area contributed by atoms with Gasteiger partial charge in [-0.05, 0) is 44.9 Å². The smallest absolute Gasteiger partial charge is 0.238 e. The lowest BCUT2D eigenvalue weighted by Gasteiger charge is -2.18. The molecule has 5 nitrogen and oxygen atoms in total. The van der Waals surface area contributed by atoms with Crippen molar-refractivity contribution in [3.05, 3.63) is 28.8 Å². The zero-order valence-corrected chi connectivity index (χ0v) is 15.1. The van der Waals surface area contributed by atoms with Gasteiger partial charge in [0.05, 0.1) is 13.1 Å². The molecular formula is C18H29N3O2. The maximum atomic E-state index is 12.2. The van der Waals surface area contributed by atoms with Crippen LogP contribution >= 0.6 is 0 Å². The summed E-state index contributed by atoms with van der Waals surface area (Å²) in [7, 11) is 1.77. The summed E-state index contributed by atoms with van der Waals surface area (Å²) < 4.78 is 0. The summed E-state index contributed by atoms with van der Waals surface area (Å²) in [5.74, 6) is 0.246. The van der Waals surface area contributed by atoms with Crippen molar-refractivity contribution in [3.63, 3.8) is 0 Å². The maximum absolute atomic E-state index is 12.2. The lowest BCUT2D eigenvalue weighted by Crippen LogP contribution is -2.40. The van der Waals surface area contributed by atoms with Crippen LogP contribution in [0.25, 0.3) is 0 Å². The Morgan fingerprint density at radius 1 is 1.04 bits per heavy atom. The van der Waals surface area contributed by atoms with Crippen molar-refractivity contribution in [2.45, 2.75) is 34.6 Å². The Morgan fingerprint density at radius 3 is 2.09 bits per heavy atom. The number of likely N-dealkylation sites (N-methyl/N-ethyl adjacent to an activating group) is 1. The number of carbonyl (C=O) groups excluding carboxylic acids is 2. The third-order valence-corrected chi connectivity index (χ3v) is 3.48. The second-order valence-electron chi connectivity index (χ2n) is 6.69. The van der Waals surface area contributed by atoms with Gasteiger partial charge >= 0.3 is 0 Å². The molecule has 23 heavy (non-hydrogen) atoms. The van der Waals surface area contributed by atoms with Gasteiger partial charge < -0.3 is 10.6 Å². The molecule has 0 unspecified atom stereocenters. The Morgan fingerprint density at radius 2 is 1.57 bits per heavy atom. The van der Waals surface area contributed by atoms with E-state index in [1.807, 2.05) is 46.8 Å². The van der Waals surface area contributed by atoms with E-state index in [0.717, 1.165) is 16.8 Å². The zero-order valence-electron chi connectivity index (χ0n) is 15.1. The molecule has 0 atom stereocenters. The van der Waals surface area contributed by atoms with E-state index in [1.54, 1.807) is 11.9 Å². The fraction of sp³-hybridized carbons (Fsp3) is 0.556. The van der Waals surface area contributed by atoms with E-state index < -0.39 is 0 Å². The first kappa shape index (κ1) is 19.2. The molecule has 0 aliphatic rings. The summed E-state index contributed by atoms with van der Waals surface area (Å²) in [5.41, 5.74) is 4.14. The predicted molar refractivity (Wildman–Crippen MR) is 94.6 cm³/mol. The van der Waals surface area contributed by atoms with Gasteiger partial charge in [0, 0.05) is 12.2 Å². The highest BCUT2D eigenvalue weighted by atomic mass is 16.2. The Hall–Kier alpha value is -1.88. The molecule has 0 aromatic heterocycles. The molecule has 0 saturated heterocycles. The minimum absolute atomic E-state index is 0.0586. The molecule has 2 N–H and O–H groups in total. The Labute approximate surface area is 139 Å². The number of nitrogens with zero attached hydrogens (tertiary/aromatic N) is 1. The molecule has 1 aromatic carbocycles. The van der Waals surface area contributed by atoms with E-state index in [0.29, 0.717) is 12.5 Å². The average molecular weight is 319 g/mol. The lowest BCUT2D eigenvalue weighted by atomic mass is 10.1. The monoisotopic (exact) mass is 319 g/mol. The maximum Gasteiger partial charge on any atom is 0.238 e. The third-order valence-electron chi connectivity index (χ3n) is 3.48. The summed E-state index contributed by atoms with van der Waals surface area (Å²) in [5, 5.41) is 5.80. The summed E-state index contributed by atoms with van der Waals surface area (Å²) in [4.78, 5) is 25.6. The van der Waals surface area contributed by atoms with Crippen molar-refractivity contribution in [3.8, 4) is 0 Å². The predicted octanol–water partition coefficient (Wildman–Crippen LogP) is 2.25. The molecule has 2 amide bonds. The quantitative estimate of drug-likeness (QED) is 0.810. The minimum Gasteiger partial charge on any atom is -0.355 e. The molecular weight excluding hydrogens is 290 g/mol. The van der Waals surface area contributed by atoms with Crippen LogP contribution in [0, 0.1) is 26.7 Å². The van der Waals surface area contributed by atoms with Gasteiger partial charge in [-0.2, -0.15) is 0 Å². The van der Waals surface area contributed by atoms with Crippen molar-refractivity contribution < 1.29 is 9.59 Å². The van der Waals surface area contributed by atoms with E-state index in [4.69, 9.17) is 0 Å². The van der Waals surface area contributed by atoms with Gasteiger partial charge in [0.2, 0.25) is 11.8 Å². The summed E-state index contributed by atoms with van der Waals surface area (Å²) >= 11 is 0. The van der Waals surface area contributed by atoms with Gasteiger partial charge in [-0.15, -0.1) is 0 Å². The molecule has 1 aromatic rings. The fourth-order valence-electron chi connectivity index (χ4n) is 2.48. The van der Waals surface area contributed by atoms with Crippen LogP contribution in [0.15, 0.2) is 12.1 Å². The van der Waals surface area contributed by atoms with Crippen molar-refractivity contribution in [2.24, 2.45) is 5.92 Å². The van der Waals surface area contributed by atoms with Gasteiger partial charge in [0.25, 0.3) is 0 Å². The molecule has 0 heterocycles. The molecule has 0 spiro atoms. The lowest BCUT2D eigenvalue weighted by molar-refractivity contribution is -0.123. The first-order valence-electron chi connectivity index (χ1n) is 8.02. The number of carbonyl (C=O) groups is 2. The molecule has 128 valence electrons. The first-order chi connectivity index (χ1) is 10.7. The number of rotatable bonds is 7. The van der Waals surface area contributed by atoms with E-state index in [9.17, 15) is 9.59 Å². The largest absolute Gasteiger partial charge is 0.355 e. The van der Waals surface area contributed by atoms with E-state index in [-0.39, 0.29) is 24.9 Å². The summed E-state index contributed by atoms with van der Waals surface area (Å²) in [6.07, 6.45) is 0. The molecule has 0 bridgehead atoms. The SMILES string of the molecule is Cc1cc(C)c(NC(=O)CN(C)CC(=O)NCC(C)C)c(C)c1. The number of anilines is 1. The third kappa shape index (κ3) is 6.82. The van der Waals surface area contributed by atoms with Crippen LogP contribution in [0.5, 0.6) is 0 Å². The van der Waals surface area contributed by atoms with Crippen molar-refractivity contribution in [1.82, 2.24) is 10.2 Å². The highest BCUT2D eigenvalue weighted by Crippen LogP contribution is 2.21. The number of nitrogens with one attached hydrogen (secondary N) is 2. The average Bonchev–Trinajstić information content (AvgIpc) is 2.40. The summed E-state index contributed by atoms with van der Waals surface area (Å²) in [6, 6.07) is 4.09. The fourth-order valence-corrected chi connectivity index (χ4v) is 2.48. The van der Waals surface area contributed by atoms with Gasteiger partial charge in [0.1, 0.15) is 0 Å². The van der Waals surface area contributed by atoms with Crippen LogP contribution in [0.4, 0.5) is 5.69 Å². The number of amides is 2. The van der Waals surface area contributed by atoms with E-state index in [2.05, 4.69) is 10.6 Å². The van der Waals surface area contributed by atoms with Crippen LogP contribution in [-0.4, -0.2) is 43.4 Å².